The molecule has 0 bridgehead atoms. The molecule has 0 aliphatic rings. The van der Waals surface area contributed by atoms with Gasteiger partial charge in [0.05, 0.1) is 6.61 Å². The average Bonchev–Trinajstić information content (AvgIpc) is 2.36. The second kappa shape index (κ2) is 6.96. The SMILES string of the molecule is COC[C@@H](O)[C@@H](O)/C=C/C(=O)c1ccccc1. The quantitative estimate of drug-likeness (QED) is 0.566. The summed E-state index contributed by atoms with van der Waals surface area (Å²) in [5.74, 6) is -0.214. The van der Waals surface area contributed by atoms with Gasteiger partial charge in [0.1, 0.15) is 12.2 Å². The van der Waals surface area contributed by atoms with Crippen LogP contribution in [-0.2, 0) is 4.74 Å². The molecule has 0 aromatic heterocycles. The Morgan fingerprint density at radius 1 is 1.35 bits per heavy atom. The topological polar surface area (TPSA) is 66.8 Å². The molecule has 1 aromatic carbocycles. The second-order valence-corrected chi connectivity index (χ2v) is 3.60. The summed E-state index contributed by atoms with van der Waals surface area (Å²) in [6, 6.07) is 8.71. The van der Waals surface area contributed by atoms with E-state index < -0.39 is 12.2 Å². The predicted octanol–water partition coefficient (Wildman–Crippen LogP) is 0.794. The van der Waals surface area contributed by atoms with E-state index >= 15 is 0 Å². The van der Waals surface area contributed by atoms with Crippen molar-refractivity contribution >= 4 is 5.78 Å². The van der Waals surface area contributed by atoms with E-state index in [0.717, 1.165) is 0 Å². The van der Waals surface area contributed by atoms with E-state index in [1.807, 2.05) is 6.07 Å². The summed E-state index contributed by atoms with van der Waals surface area (Å²) in [4.78, 5) is 11.6. The highest BCUT2D eigenvalue weighted by Crippen LogP contribution is 2.03. The van der Waals surface area contributed by atoms with Gasteiger partial charge in [-0.2, -0.15) is 0 Å². The van der Waals surface area contributed by atoms with Gasteiger partial charge in [-0.25, -0.2) is 0 Å². The van der Waals surface area contributed by atoms with Gasteiger partial charge in [-0.3, -0.25) is 4.79 Å². The number of methoxy groups -OCH3 is 1. The molecule has 4 heteroatoms. The number of ether oxygens (including phenoxy) is 1. The van der Waals surface area contributed by atoms with Gasteiger partial charge < -0.3 is 14.9 Å². The summed E-state index contributed by atoms with van der Waals surface area (Å²) in [6.45, 7) is 0.0189. The van der Waals surface area contributed by atoms with Crippen molar-refractivity contribution in [3.05, 3.63) is 48.0 Å². The number of allylic oxidation sites excluding steroid dienone is 1. The molecule has 0 heterocycles. The first-order chi connectivity index (χ1) is 8.15. The van der Waals surface area contributed by atoms with Crippen LogP contribution in [0.4, 0.5) is 0 Å². The van der Waals surface area contributed by atoms with Gasteiger partial charge in [0, 0.05) is 12.7 Å². The van der Waals surface area contributed by atoms with Crippen molar-refractivity contribution in [2.24, 2.45) is 0 Å². The van der Waals surface area contributed by atoms with Crippen molar-refractivity contribution in [2.45, 2.75) is 12.2 Å². The molecule has 0 amide bonds. The molecule has 0 aliphatic carbocycles. The zero-order valence-corrected chi connectivity index (χ0v) is 9.61. The van der Waals surface area contributed by atoms with Gasteiger partial charge in [-0.05, 0) is 12.2 Å². The van der Waals surface area contributed by atoms with Crippen LogP contribution in [0, 0.1) is 0 Å². The summed E-state index contributed by atoms with van der Waals surface area (Å²) in [6.07, 6.45) is 0.375. The van der Waals surface area contributed by atoms with Crippen LogP contribution in [0.25, 0.3) is 0 Å². The highest BCUT2D eigenvalue weighted by molar-refractivity contribution is 6.04. The molecule has 17 heavy (non-hydrogen) atoms. The van der Waals surface area contributed by atoms with Gasteiger partial charge in [0.25, 0.3) is 0 Å². The lowest BCUT2D eigenvalue weighted by Crippen LogP contribution is -2.28. The number of aliphatic hydroxyl groups is 2. The molecule has 1 aromatic rings. The standard InChI is InChI=1S/C13H16O4/c1-17-9-13(16)12(15)8-7-11(14)10-5-3-2-4-6-10/h2-8,12-13,15-16H,9H2,1H3/b8-7+/t12-,13+/m0/s1. The molecule has 0 fully saturated rings. The third-order valence-corrected chi connectivity index (χ3v) is 2.23. The number of ketones is 1. The van der Waals surface area contributed by atoms with Crippen LogP contribution >= 0.6 is 0 Å². The van der Waals surface area contributed by atoms with Gasteiger partial charge >= 0.3 is 0 Å². The van der Waals surface area contributed by atoms with Gasteiger partial charge in [-0.1, -0.05) is 30.3 Å². The summed E-state index contributed by atoms with van der Waals surface area (Å²) in [5.41, 5.74) is 0.539. The summed E-state index contributed by atoms with van der Waals surface area (Å²) in [5, 5.41) is 18.8. The first kappa shape index (κ1) is 13.6. The van der Waals surface area contributed by atoms with Crippen LogP contribution in [-0.4, -0.2) is 41.9 Å². The maximum Gasteiger partial charge on any atom is 0.185 e. The molecule has 92 valence electrons. The fourth-order valence-corrected chi connectivity index (χ4v) is 1.28. The maximum absolute atomic E-state index is 11.6. The summed E-state index contributed by atoms with van der Waals surface area (Å²) in [7, 11) is 1.43. The molecule has 4 nitrogen and oxygen atoms in total. The van der Waals surface area contributed by atoms with E-state index in [1.54, 1.807) is 24.3 Å². The van der Waals surface area contributed by atoms with E-state index in [0.29, 0.717) is 5.56 Å². The molecule has 0 spiro atoms. The number of rotatable bonds is 6. The Morgan fingerprint density at radius 3 is 2.59 bits per heavy atom. The van der Waals surface area contributed by atoms with Gasteiger partial charge in [0.15, 0.2) is 5.78 Å². The molecule has 2 N–H and O–H groups in total. The lowest BCUT2D eigenvalue weighted by atomic mass is 10.1. The Hall–Kier alpha value is -1.49. The van der Waals surface area contributed by atoms with Crippen LogP contribution in [0.15, 0.2) is 42.5 Å². The van der Waals surface area contributed by atoms with E-state index in [-0.39, 0.29) is 12.4 Å². The van der Waals surface area contributed by atoms with E-state index in [9.17, 15) is 15.0 Å². The van der Waals surface area contributed by atoms with Crippen LogP contribution in [0.2, 0.25) is 0 Å². The Kier molecular flexibility index (Phi) is 5.56. The Morgan fingerprint density at radius 2 is 2.00 bits per heavy atom. The number of hydrogen-bond acceptors (Lipinski definition) is 4. The van der Waals surface area contributed by atoms with Gasteiger partial charge in [-0.15, -0.1) is 0 Å². The lowest BCUT2D eigenvalue weighted by Gasteiger charge is -2.12. The van der Waals surface area contributed by atoms with Crippen molar-refractivity contribution in [3.63, 3.8) is 0 Å². The van der Waals surface area contributed by atoms with Crippen LogP contribution in [0.3, 0.4) is 0 Å². The molecule has 0 radical (unpaired) electrons. The van der Waals surface area contributed by atoms with Crippen molar-refractivity contribution in [3.8, 4) is 0 Å². The zero-order chi connectivity index (χ0) is 12.7. The number of aliphatic hydroxyl groups excluding tert-OH is 2. The Balaban J connectivity index is 2.57. The first-order valence-corrected chi connectivity index (χ1v) is 5.28. The molecular weight excluding hydrogens is 220 g/mol. The molecule has 0 saturated heterocycles. The molecular formula is C13H16O4. The van der Waals surface area contributed by atoms with Crippen molar-refractivity contribution in [1.82, 2.24) is 0 Å². The molecule has 0 saturated carbocycles. The minimum Gasteiger partial charge on any atom is -0.388 e. The van der Waals surface area contributed by atoms with Crippen molar-refractivity contribution in [2.75, 3.05) is 13.7 Å². The largest absolute Gasteiger partial charge is 0.388 e. The molecule has 2 atom stereocenters. The smallest absolute Gasteiger partial charge is 0.185 e. The fourth-order valence-electron chi connectivity index (χ4n) is 1.28. The van der Waals surface area contributed by atoms with E-state index in [4.69, 9.17) is 0 Å². The van der Waals surface area contributed by atoms with Crippen LogP contribution in [0.1, 0.15) is 10.4 Å². The van der Waals surface area contributed by atoms with Crippen molar-refractivity contribution < 1.29 is 19.7 Å². The van der Waals surface area contributed by atoms with Crippen LogP contribution in [0.5, 0.6) is 0 Å². The second-order valence-electron chi connectivity index (χ2n) is 3.60. The third kappa shape index (κ3) is 4.48. The monoisotopic (exact) mass is 236 g/mol. The van der Waals surface area contributed by atoms with Gasteiger partial charge in [0.2, 0.25) is 0 Å². The maximum atomic E-state index is 11.6. The number of carbonyl (C=O) groups excluding carboxylic acids is 1. The third-order valence-electron chi connectivity index (χ3n) is 2.23. The lowest BCUT2D eigenvalue weighted by molar-refractivity contribution is -0.00527. The first-order valence-electron chi connectivity index (χ1n) is 5.28. The molecule has 0 aliphatic heterocycles. The summed E-state index contributed by atoms with van der Waals surface area (Å²) < 4.78 is 4.69. The highest BCUT2D eigenvalue weighted by atomic mass is 16.5. The zero-order valence-electron chi connectivity index (χ0n) is 9.61. The molecule has 1 rings (SSSR count). The number of carbonyl (C=O) groups is 1. The minimum absolute atomic E-state index is 0.0189. The number of hydrogen-bond donors (Lipinski definition) is 2. The highest BCUT2D eigenvalue weighted by Gasteiger charge is 2.13. The van der Waals surface area contributed by atoms with E-state index in [2.05, 4.69) is 4.74 Å². The fraction of sp³-hybridized carbons (Fsp3) is 0.308. The molecule has 0 unspecified atom stereocenters. The minimum atomic E-state index is -1.11. The number of benzene rings is 1. The predicted molar refractivity (Wildman–Crippen MR) is 63.8 cm³/mol. The van der Waals surface area contributed by atoms with Crippen LogP contribution < -0.4 is 0 Å². The average molecular weight is 236 g/mol. The van der Waals surface area contributed by atoms with Crippen molar-refractivity contribution in [1.29, 1.82) is 0 Å². The van der Waals surface area contributed by atoms with E-state index in [1.165, 1.54) is 19.3 Å². The Labute approximate surface area is 100 Å². The summed E-state index contributed by atoms with van der Waals surface area (Å²) >= 11 is 0. The Bertz CT molecular complexity index is 372. The normalized spacial score (nSPS) is 14.8.